The van der Waals surface area contributed by atoms with Crippen LogP contribution < -0.4 is 16.0 Å². The third kappa shape index (κ3) is 6.42. The van der Waals surface area contributed by atoms with E-state index in [0.717, 1.165) is 5.56 Å². The zero-order valence-electron chi connectivity index (χ0n) is 15.0. The third-order valence-corrected chi connectivity index (χ3v) is 4.16. The Morgan fingerprint density at radius 2 is 1.59 bits per heavy atom. The quantitative estimate of drug-likeness (QED) is 0.650. The number of halogens is 1. The van der Waals surface area contributed by atoms with Crippen LogP contribution in [0.5, 0.6) is 0 Å². The van der Waals surface area contributed by atoms with Gasteiger partial charge in [-0.2, -0.15) is 0 Å². The van der Waals surface area contributed by atoms with Gasteiger partial charge in [0, 0.05) is 6.54 Å². The van der Waals surface area contributed by atoms with E-state index in [-0.39, 0.29) is 30.7 Å². The largest absolute Gasteiger partial charge is 0.355 e. The first-order valence-electron chi connectivity index (χ1n) is 8.65. The van der Waals surface area contributed by atoms with Crippen LogP contribution in [-0.4, -0.2) is 30.8 Å². The first-order valence-corrected chi connectivity index (χ1v) is 9.02. The van der Waals surface area contributed by atoms with Crippen molar-refractivity contribution in [2.24, 2.45) is 0 Å². The summed E-state index contributed by atoms with van der Waals surface area (Å²) in [6.07, 6.45) is -0.000386. The van der Waals surface area contributed by atoms with Crippen LogP contribution in [0.15, 0.2) is 54.6 Å². The smallest absolute Gasteiger partial charge is 0.253 e. The van der Waals surface area contributed by atoms with Crippen molar-refractivity contribution in [3.05, 3.63) is 70.7 Å². The summed E-state index contributed by atoms with van der Waals surface area (Å²) in [5.74, 6) is -0.970. The second-order valence-corrected chi connectivity index (χ2v) is 6.26. The summed E-state index contributed by atoms with van der Waals surface area (Å²) >= 11 is 6.08. The lowest BCUT2D eigenvalue weighted by Gasteiger charge is -2.19. The summed E-state index contributed by atoms with van der Waals surface area (Å²) in [6, 6.07) is 15.3. The number of amides is 3. The fourth-order valence-electron chi connectivity index (χ4n) is 2.52. The molecule has 0 spiro atoms. The second kappa shape index (κ2) is 10.3. The molecule has 7 heteroatoms. The highest BCUT2D eigenvalue weighted by Gasteiger charge is 2.20. The number of hydrogen-bond donors (Lipinski definition) is 3. The van der Waals surface area contributed by atoms with Crippen LogP contribution in [0.1, 0.15) is 35.3 Å². The normalized spacial score (nSPS) is 11.3. The molecule has 27 heavy (non-hydrogen) atoms. The minimum atomic E-state index is -0.552. The van der Waals surface area contributed by atoms with E-state index >= 15 is 0 Å². The molecule has 0 aliphatic carbocycles. The summed E-state index contributed by atoms with van der Waals surface area (Å²) in [7, 11) is 0. The first-order chi connectivity index (χ1) is 13.0. The van der Waals surface area contributed by atoms with Gasteiger partial charge >= 0.3 is 0 Å². The number of hydrogen-bond acceptors (Lipinski definition) is 3. The maximum Gasteiger partial charge on any atom is 0.253 e. The van der Waals surface area contributed by atoms with Gasteiger partial charge in [0.05, 0.1) is 29.6 Å². The zero-order chi connectivity index (χ0) is 19.6. The molecule has 0 heterocycles. The molecular formula is C20H22ClN3O3. The molecule has 1 atom stereocenters. The summed E-state index contributed by atoms with van der Waals surface area (Å²) in [5.41, 5.74) is 1.12. The number of benzene rings is 2. The Morgan fingerprint density at radius 1 is 0.926 bits per heavy atom. The highest BCUT2D eigenvalue weighted by Crippen LogP contribution is 2.20. The third-order valence-electron chi connectivity index (χ3n) is 3.84. The molecule has 0 radical (unpaired) electrons. The molecule has 142 valence electrons. The summed E-state index contributed by atoms with van der Waals surface area (Å²) in [4.78, 5) is 36.3. The van der Waals surface area contributed by atoms with Gasteiger partial charge in [-0.1, -0.05) is 54.1 Å². The van der Waals surface area contributed by atoms with Crippen molar-refractivity contribution < 1.29 is 14.4 Å². The topological polar surface area (TPSA) is 87.3 Å². The number of carbonyl (C=O) groups excluding carboxylic acids is 3. The van der Waals surface area contributed by atoms with E-state index in [4.69, 9.17) is 11.6 Å². The molecule has 0 fully saturated rings. The standard InChI is InChI=1S/C20H22ClN3O3/c1-2-22-19(26)13-23-18(25)12-17(14-8-4-3-5-9-14)24-20(27)15-10-6-7-11-16(15)21/h3-11,17H,2,12-13H2,1H3,(H,22,26)(H,23,25)(H,24,27)/t17-/m1/s1. The fourth-order valence-corrected chi connectivity index (χ4v) is 2.74. The van der Waals surface area contributed by atoms with Crippen molar-refractivity contribution in [1.82, 2.24) is 16.0 Å². The number of likely N-dealkylation sites (N-methyl/N-ethyl adjacent to an activating group) is 1. The Balaban J connectivity index is 2.08. The Bertz CT molecular complexity index is 796. The van der Waals surface area contributed by atoms with E-state index in [0.29, 0.717) is 17.1 Å². The minimum absolute atomic E-state index is 0.000386. The predicted octanol–water partition coefficient (Wildman–Crippen LogP) is 2.45. The maximum absolute atomic E-state index is 12.6. The van der Waals surface area contributed by atoms with E-state index in [9.17, 15) is 14.4 Å². The molecular weight excluding hydrogens is 366 g/mol. The SMILES string of the molecule is CCNC(=O)CNC(=O)C[C@@H](NC(=O)c1ccccc1Cl)c1ccccc1. The monoisotopic (exact) mass is 387 g/mol. The summed E-state index contributed by atoms with van der Waals surface area (Å²) in [5, 5.41) is 8.36. The molecule has 0 aromatic heterocycles. The Labute approximate surface area is 163 Å². The van der Waals surface area contributed by atoms with Gasteiger partial charge in [-0.25, -0.2) is 0 Å². The predicted molar refractivity (Wildman–Crippen MR) is 104 cm³/mol. The van der Waals surface area contributed by atoms with Gasteiger partial charge in [-0.05, 0) is 24.6 Å². The van der Waals surface area contributed by atoms with E-state index in [2.05, 4.69) is 16.0 Å². The van der Waals surface area contributed by atoms with Gasteiger partial charge < -0.3 is 16.0 Å². The fraction of sp³-hybridized carbons (Fsp3) is 0.250. The summed E-state index contributed by atoms with van der Waals surface area (Å²) in [6.45, 7) is 2.19. The number of rotatable bonds is 8. The van der Waals surface area contributed by atoms with Crippen molar-refractivity contribution in [2.75, 3.05) is 13.1 Å². The molecule has 0 saturated carbocycles. The van der Waals surface area contributed by atoms with Crippen molar-refractivity contribution in [2.45, 2.75) is 19.4 Å². The molecule has 0 bridgehead atoms. The zero-order valence-corrected chi connectivity index (χ0v) is 15.8. The minimum Gasteiger partial charge on any atom is -0.355 e. The Hall–Kier alpha value is -2.86. The van der Waals surface area contributed by atoms with Crippen LogP contribution in [0, 0.1) is 0 Å². The average Bonchev–Trinajstić information content (AvgIpc) is 2.67. The summed E-state index contributed by atoms with van der Waals surface area (Å²) < 4.78 is 0. The average molecular weight is 388 g/mol. The van der Waals surface area contributed by atoms with E-state index in [1.54, 1.807) is 31.2 Å². The lowest BCUT2D eigenvalue weighted by atomic mass is 10.0. The Kier molecular flexibility index (Phi) is 7.82. The van der Waals surface area contributed by atoms with Crippen molar-refractivity contribution in [1.29, 1.82) is 0 Å². The van der Waals surface area contributed by atoms with Crippen LogP contribution in [0.3, 0.4) is 0 Å². The highest BCUT2D eigenvalue weighted by molar-refractivity contribution is 6.33. The van der Waals surface area contributed by atoms with Gasteiger partial charge in [-0.15, -0.1) is 0 Å². The van der Waals surface area contributed by atoms with Crippen LogP contribution in [0.25, 0.3) is 0 Å². The molecule has 2 aromatic rings. The lowest BCUT2D eigenvalue weighted by Crippen LogP contribution is -2.39. The van der Waals surface area contributed by atoms with Gasteiger partial charge in [0.15, 0.2) is 0 Å². The second-order valence-electron chi connectivity index (χ2n) is 5.85. The molecule has 0 aliphatic heterocycles. The number of carbonyl (C=O) groups is 3. The van der Waals surface area contributed by atoms with Gasteiger partial charge in [-0.3, -0.25) is 14.4 Å². The molecule has 0 saturated heterocycles. The molecule has 2 aromatic carbocycles. The molecule has 2 rings (SSSR count). The number of nitrogens with one attached hydrogen (secondary N) is 3. The molecule has 6 nitrogen and oxygen atoms in total. The van der Waals surface area contributed by atoms with Crippen molar-refractivity contribution in [3.8, 4) is 0 Å². The van der Waals surface area contributed by atoms with Crippen LogP contribution in [0.4, 0.5) is 0 Å². The molecule has 3 N–H and O–H groups in total. The van der Waals surface area contributed by atoms with E-state index in [1.165, 1.54) is 0 Å². The van der Waals surface area contributed by atoms with Crippen LogP contribution in [-0.2, 0) is 9.59 Å². The van der Waals surface area contributed by atoms with Crippen LogP contribution in [0.2, 0.25) is 5.02 Å². The molecule has 3 amide bonds. The lowest BCUT2D eigenvalue weighted by molar-refractivity contribution is -0.126. The van der Waals surface area contributed by atoms with E-state index < -0.39 is 6.04 Å². The molecule has 0 aliphatic rings. The van der Waals surface area contributed by atoms with E-state index in [1.807, 2.05) is 30.3 Å². The van der Waals surface area contributed by atoms with Gasteiger partial charge in [0.2, 0.25) is 11.8 Å². The van der Waals surface area contributed by atoms with Crippen LogP contribution >= 0.6 is 11.6 Å². The van der Waals surface area contributed by atoms with Crippen molar-refractivity contribution >= 4 is 29.3 Å². The Morgan fingerprint density at radius 3 is 2.26 bits per heavy atom. The van der Waals surface area contributed by atoms with Gasteiger partial charge in [0.25, 0.3) is 5.91 Å². The molecule has 0 unspecified atom stereocenters. The first kappa shape index (κ1) is 20.5. The van der Waals surface area contributed by atoms with Gasteiger partial charge in [0.1, 0.15) is 0 Å². The maximum atomic E-state index is 12.6. The van der Waals surface area contributed by atoms with Crippen molar-refractivity contribution in [3.63, 3.8) is 0 Å². The highest BCUT2D eigenvalue weighted by atomic mass is 35.5.